The standard InChI is InChI=1S/C15H21ClO/c1-3-5-7-12-15(16)17-14(4-2)13-10-8-6-9-11-13/h4,6,8-11,14-15H,2-3,5,7,12H2,1H3. The summed E-state index contributed by atoms with van der Waals surface area (Å²) in [6.07, 6.45) is 6.10. The molecule has 2 heteroatoms. The number of hydrogen-bond acceptors (Lipinski definition) is 1. The number of hydrogen-bond donors (Lipinski definition) is 0. The number of rotatable bonds is 8. The fraction of sp³-hybridized carbons (Fsp3) is 0.467. The largest absolute Gasteiger partial charge is 0.350 e. The Hall–Kier alpha value is -0.790. The summed E-state index contributed by atoms with van der Waals surface area (Å²) < 4.78 is 5.78. The van der Waals surface area contributed by atoms with Crippen LogP contribution < -0.4 is 0 Å². The van der Waals surface area contributed by atoms with Crippen molar-refractivity contribution in [1.82, 2.24) is 0 Å². The first-order valence-electron chi connectivity index (χ1n) is 6.25. The molecule has 1 nitrogen and oxygen atoms in total. The predicted molar refractivity (Wildman–Crippen MR) is 74.2 cm³/mol. The van der Waals surface area contributed by atoms with E-state index in [0.29, 0.717) is 0 Å². The monoisotopic (exact) mass is 252 g/mol. The molecule has 0 aliphatic heterocycles. The van der Waals surface area contributed by atoms with Gasteiger partial charge in [-0.2, -0.15) is 0 Å². The van der Waals surface area contributed by atoms with E-state index in [-0.39, 0.29) is 11.7 Å². The Morgan fingerprint density at radius 2 is 2.00 bits per heavy atom. The zero-order valence-corrected chi connectivity index (χ0v) is 11.2. The smallest absolute Gasteiger partial charge is 0.132 e. The Balaban J connectivity index is 2.44. The molecule has 0 aliphatic rings. The van der Waals surface area contributed by atoms with Gasteiger partial charge in [0.15, 0.2) is 0 Å². The summed E-state index contributed by atoms with van der Waals surface area (Å²) in [5.74, 6) is 0. The second-order valence-corrected chi connectivity index (χ2v) is 4.60. The van der Waals surface area contributed by atoms with Gasteiger partial charge in [0, 0.05) is 0 Å². The van der Waals surface area contributed by atoms with Crippen LogP contribution in [0.3, 0.4) is 0 Å². The quantitative estimate of drug-likeness (QED) is 0.356. The third-order valence-electron chi connectivity index (χ3n) is 2.67. The Kier molecular flexibility index (Phi) is 6.99. The number of ether oxygens (including phenoxy) is 1. The van der Waals surface area contributed by atoms with E-state index >= 15 is 0 Å². The third kappa shape index (κ3) is 5.38. The Labute approximate surface area is 109 Å². The van der Waals surface area contributed by atoms with E-state index in [2.05, 4.69) is 13.5 Å². The molecule has 2 unspecified atom stereocenters. The van der Waals surface area contributed by atoms with Crippen LogP contribution in [0, 0.1) is 0 Å². The normalized spacial score (nSPS) is 14.2. The fourth-order valence-corrected chi connectivity index (χ4v) is 1.96. The summed E-state index contributed by atoms with van der Waals surface area (Å²) >= 11 is 6.17. The SMILES string of the molecule is C=CC(OC(Cl)CCCCC)c1ccccc1. The molecule has 0 saturated heterocycles. The summed E-state index contributed by atoms with van der Waals surface area (Å²) in [4.78, 5) is 0. The first-order chi connectivity index (χ1) is 8.27. The van der Waals surface area contributed by atoms with E-state index in [1.165, 1.54) is 12.8 Å². The van der Waals surface area contributed by atoms with Crippen LogP contribution in [-0.4, -0.2) is 5.56 Å². The first-order valence-corrected chi connectivity index (χ1v) is 6.68. The first kappa shape index (κ1) is 14.3. The molecular weight excluding hydrogens is 232 g/mol. The van der Waals surface area contributed by atoms with Crippen LogP contribution in [-0.2, 0) is 4.74 Å². The fourth-order valence-electron chi connectivity index (χ4n) is 1.69. The van der Waals surface area contributed by atoms with Crippen molar-refractivity contribution < 1.29 is 4.74 Å². The molecule has 2 atom stereocenters. The lowest BCUT2D eigenvalue weighted by Gasteiger charge is -2.18. The zero-order chi connectivity index (χ0) is 12.5. The summed E-state index contributed by atoms with van der Waals surface area (Å²) in [5.41, 5.74) is 0.869. The van der Waals surface area contributed by atoms with Crippen LogP contribution in [0.2, 0.25) is 0 Å². The molecule has 0 heterocycles. The van der Waals surface area contributed by atoms with Gasteiger partial charge >= 0.3 is 0 Å². The van der Waals surface area contributed by atoms with Crippen LogP contribution in [0.5, 0.6) is 0 Å². The van der Waals surface area contributed by atoms with Crippen LogP contribution >= 0.6 is 11.6 Å². The van der Waals surface area contributed by atoms with Gasteiger partial charge in [-0.25, -0.2) is 0 Å². The van der Waals surface area contributed by atoms with E-state index in [1.807, 2.05) is 30.3 Å². The zero-order valence-electron chi connectivity index (χ0n) is 10.4. The molecule has 0 amide bonds. The minimum atomic E-state index is -0.232. The van der Waals surface area contributed by atoms with Crippen LogP contribution in [0.1, 0.15) is 44.3 Å². The van der Waals surface area contributed by atoms with Crippen molar-refractivity contribution in [1.29, 1.82) is 0 Å². The molecule has 1 rings (SSSR count). The molecule has 0 spiro atoms. The molecule has 0 radical (unpaired) electrons. The van der Waals surface area contributed by atoms with Crippen LogP contribution in [0.25, 0.3) is 0 Å². The molecule has 0 aliphatic carbocycles. The predicted octanol–water partition coefficient (Wildman–Crippen LogP) is 5.08. The minimum absolute atomic E-state index is 0.111. The summed E-state index contributed by atoms with van der Waals surface area (Å²) in [7, 11) is 0. The molecule has 94 valence electrons. The van der Waals surface area contributed by atoms with Gasteiger partial charge in [-0.15, -0.1) is 6.58 Å². The third-order valence-corrected chi connectivity index (χ3v) is 2.99. The van der Waals surface area contributed by atoms with Crippen LogP contribution in [0.15, 0.2) is 43.0 Å². The maximum atomic E-state index is 6.17. The van der Waals surface area contributed by atoms with Crippen molar-refractivity contribution in [2.75, 3.05) is 0 Å². The lowest BCUT2D eigenvalue weighted by Crippen LogP contribution is -2.10. The van der Waals surface area contributed by atoms with Crippen molar-refractivity contribution in [2.24, 2.45) is 0 Å². The van der Waals surface area contributed by atoms with Crippen molar-refractivity contribution in [3.05, 3.63) is 48.6 Å². The highest BCUT2D eigenvalue weighted by atomic mass is 35.5. The molecule has 0 aromatic heterocycles. The Morgan fingerprint density at radius 1 is 1.29 bits per heavy atom. The average Bonchev–Trinajstić information content (AvgIpc) is 2.37. The lowest BCUT2D eigenvalue weighted by molar-refractivity contribution is 0.0549. The Morgan fingerprint density at radius 3 is 2.59 bits per heavy atom. The van der Waals surface area contributed by atoms with Crippen molar-refractivity contribution >= 4 is 11.6 Å². The van der Waals surface area contributed by atoms with Crippen molar-refractivity contribution in [2.45, 2.75) is 44.3 Å². The number of benzene rings is 1. The van der Waals surface area contributed by atoms with Gasteiger partial charge in [0.2, 0.25) is 0 Å². The van der Waals surface area contributed by atoms with E-state index in [9.17, 15) is 0 Å². The second kappa shape index (κ2) is 8.32. The molecule has 0 bridgehead atoms. The highest BCUT2D eigenvalue weighted by Gasteiger charge is 2.13. The van der Waals surface area contributed by atoms with Gasteiger partial charge in [0.25, 0.3) is 0 Å². The van der Waals surface area contributed by atoms with Crippen LogP contribution in [0.4, 0.5) is 0 Å². The van der Waals surface area contributed by atoms with Gasteiger partial charge in [-0.1, -0.05) is 67.8 Å². The maximum Gasteiger partial charge on any atom is 0.132 e. The van der Waals surface area contributed by atoms with E-state index < -0.39 is 0 Å². The maximum absolute atomic E-state index is 6.17. The van der Waals surface area contributed by atoms with Gasteiger partial charge in [0.1, 0.15) is 11.7 Å². The van der Waals surface area contributed by atoms with Gasteiger partial charge < -0.3 is 4.74 Å². The molecular formula is C15H21ClO. The summed E-state index contributed by atoms with van der Waals surface area (Å²) in [6, 6.07) is 10.0. The van der Waals surface area contributed by atoms with Crippen molar-refractivity contribution in [3.63, 3.8) is 0 Å². The highest BCUT2D eigenvalue weighted by molar-refractivity contribution is 6.19. The van der Waals surface area contributed by atoms with E-state index in [0.717, 1.165) is 18.4 Å². The Bertz CT molecular complexity index is 310. The molecule has 0 saturated carbocycles. The average molecular weight is 253 g/mol. The summed E-state index contributed by atoms with van der Waals surface area (Å²) in [5, 5.41) is 0. The topological polar surface area (TPSA) is 9.23 Å². The molecule has 0 N–H and O–H groups in total. The van der Waals surface area contributed by atoms with Crippen molar-refractivity contribution in [3.8, 4) is 0 Å². The van der Waals surface area contributed by atoms with E-state index in [4.69, 9.17) is 16.3 Å². The number of unbranched alkanes of at least 4 members (excludes halogenated alkanes) is 2. The minimum Gasteiger partial charge on any atom is -0.350 e. The molecule has 17 heavy (non-hydrogen) atoms. The number of alkyl halides is 1. The highest BCUT2D eigenvalue weighted by Crippen LogP contribution is 2.23. The number of halogens is 1. The molecule has 0 fully saturated rings. The van der Waals surface area contributed by atoms with Gasteiger partial charge in [0.05, 0.1) is 0 Å². The second-order valence-electron chi connectivity index (χ2n) is 4.11. The molecule has 1 aromatic rings. The molecule has 1 aromatic carbocycles. The van der Waals surface area contributed by atoms with Gasteiger partial charge in [-0.3, -0.25) is 0 Å². The van der Waals surface area contributed by atoms with Gasteiger partial charge in [-0.05, 0) is 18.4 Å². The summed E-state index contributed by atoms with van der Waals surface area (Å²) in [6.45, 7) is 5.98. The lowest BCUT2D eigenvalue weighted by atomic mass is 10.1. The van der Waals surface area contributed by atoms with E-state index in [1.54, 1.807) is 6.08 Å².